The third-order valence-corrected chi connectivity index (χ3v) is 2.69. The molecule has 0 aliphatic carbocycles. The summed E-state index contributed by atoms with van der Waals surface area (Å²) in [5.74, 6) is 0. The molecule has 0 bridgehead atoms. The van der Waals surface area contributed by atoms with E-state index < -0.39 is 0 Å². The Kier molecular flexibility index (Phi) is 8.20. The third-order valence-electron chi connectivity index (χ3n) is 2.69. The van der Waals surface area contributed by atoms with Gasteiger partial charge >= 0.3 is 0 Å². The molecule has 0 saturated heterocycles. The molecule has 0 spiro atoms. The smallest absolute Gasteiger partial charge is 0.0676 e. The van der Waals surface area contributed by atoms with Gasteiger partial charge in [0.05, 0.1) is 5.60 Å². The van der Waals surface area contributed by atoms with Gasteiger partial charge < -0.3 is 9.84 Å². The molecule has 1 unspecified atom stereocenters. The van der Waals surface area contributed by atoms with Crippen LogP contribution in [0.5, 0.6) is 0 Å². The van der Waals surface area contributed by atoms with Crippen molar-refractivity contribution in [3.8, 4) is 0 Å². The van der Waals surface area contributed by atoms with Gasteiger partial charge in [-0.15, -0.1) is 0 Å². The maximum Gasteiger partial charge on any atom is 0.0676 e. The Labute approximate surface area is 88.7 Å². The quantitative estimate of drug-likeness (QED) is 0.582. The molecule has 0 radical (unpaired) electrons. The molecule has 0 amide bonds. The second kappa shape index (κ2) is 8.25. The van der Waals surface area contributed by atoms with Crippen molar-refractivity contribution in [1.82, 2.24) is 0 Å². The van der Waals surface area contributed by atoms with E-state index in [1.807, 2.05) is 6.92 Å². The summed E-state index contributed by atoms with van der Waals surface area (Å²) in [5.41, 5.74) is -0.1000. The van der Waals surface area contributed by atoms with E-state index in [1.165, 1.54) is 25.7 Å². The Morgan fingerprint density at radius 1 is 1.07 bits per heavy atom. The first-order valence-electron chi connectivity index (χ1n) is 5.93. The molecule has 0 rings (SSSR count). The molecule has 86 valence electrons. The Hall–Kier alpha value is -0.0800. The van der Waals surface area contributed by atoms with Crippen molar-refractivity contribution >= 4 is 0 Å². The predicted molar refractivity (Wildman–Crippen MR) is 60.5 cm³/mol. The number of ether oxygens (including phenoxy) is 1. The molecule has 0 aromatic rings. The van der Waals surface area contributed by atoms with Crippen LogP contribution in [0.3, 0.4) is 0 Å². The first-order valence-corrected chi connectivity index (χ1v) is 5.93. The third kappa shape index (κ3) is 6.39. The number of hydrogen-bond acceptors (Lipinski definition) is 2. The molecule has 0 saturated carbocycles. The fourth-order valence-electron chi connectivity index (χ4n) is 1.78. The zero-order valence-electron chi connectivity index (χ0n) is 10.0. The lowest BCUT2D eigenvalue weighted by molar-refractivity contribution is -0.0475. The molecule has 0 heterocycles. The Bertz CT molecular complexity index is 117. The Morgan fingerprint density at radius 2 is 1.79 bits per heavy atom. The van der Waals surface area contributed by atoms with Crippen molar-refractivity contribution in [1.29, 1.82) is 0 Å². The minimum atomic E-state index is -0.1000. The molecule has 14 heavy (non-hydrogen) atoms. The van der Waals surface area contributed by atoms with Crippen LogP contribution in [0.2, 0.25) is 0 Å². The van der Waals surface area contributed by atoms with E-state index in [-0.39, 0.29) is 12.2 Å². The lowest BCUT2D eigenvalue weighted by atomic mass is 9.94. The molecular weight excluding hydrogens is 176 g/mol. The molecular formula is C12H26O2. The highest BCUT2D eigenvalue weighted by Crippen LogP contribution is 2.23. The van der Waals surface area contributed by atoms with Crippen LogP contribution in [0.4, 0.5) is 0 Å². The summed E-state index contributed by atoms with van der Waals surface area (Å²) in [6.07, 6.45) is 6.90. The highest BCUT2D eigenvalue weighted by Gasteiger charge is 2.22. The summed E-state index contributed by atoms with van der Waals surface area (Å²) in [4.78, 5) is 0. The molecule has 1 atom stereocenters. The van der Waals surface area contributed by atoms with Gasteiger partial charge in [0, 0.05) is 13.2 Å². The maximum absolute atomic E-state index is 8.95. The molecule has 0 fully saturated rings. The summed E-state index contributed by atoms with van der Waals surface area (Å²) in [6, 6.07) is 0. The molecule has 1 N–H and O–H groups in total. The molecule has 2 heteroatoms. The molecule has 0 aromatic heterocycles. The van der Waals surface area contributed by atoms with Gasteiger partial charge in [0.15, 0.2) is 0 Å². The van der Waals surface area contributed by atoms with Crippen LogP contribution in [0, 0.1) is 0 Å². The van der Waals surface area contributed by atoms with E-state index in [0.717, 1.165) is 19.4 Å². The highest BCUT2D eigenvalue weighted by atomic mass is 16.5. The van der Waals surface area contributed by atoms with Gasteiger partial charge in [0.2, 0.25) is 0 Å². The van der Waals surface area contributed by atoms with E-state index in [2.05, 4.69) is 13.8 Å². The lowest BCUT2D eigenvalue weighted by Gasteiger charge is -2.28. The van der Waals surface area contributed by atoms with Crippen molar-refractivity contribution in [3.63, 3.8) is 0 Å². The first kappa shape index (κ1) is 13.9. The standard InChI is InChI=1S/C12H26O2/c1-4-6-7-8-9-12(3,10-11-13)14-5-2/h13H,4-11H2,1-3H3. The van der Waals surface area contributed by atoms with Crippen LogP contribution in [0.25, 0.3) is 0 Å². The van der Waals surface area contributed by atoms with Crippen molar-refractivity contribution in [2.45, 2.75) is 64.9 Å². The zero-order valence-corrected chi connectivity index (χ0v) is 10.0. The number of aliphatic hydroxyl groups is 1. The lowest BCUT2D eigenvalue weighted by Crippen LogP contribution is -2.30. The topological polar surface area (TPSA) is 29.5 Å². The van der Waals surface area contributed by atoms with Crippen molar-refractivity contribution in [3.05, 3.63) is 0 Å². The number of unbranched alkanes of at least 4 members (excludes halogenated alkanes) is 3. The van der Waals surface area contributed by atoms with Crippen molar-refractivity contribution in [2.24, 2.45) is 0 Å². The number of rotatable bonds is 9. The summed E-state index contributed by atoms with van der Waals surface area (Å²) in [5, 5.41) is 8.95. The number of aliphatic hydroxyl groups excluding tert-OH is 1. The zero-order chi connectivity index (χ0) is 10.9. The van der Waals surface area contributed by atoms with Crippen LogP contribution in [0.15, 0.2) is 0 Å². The minimum Gasteiger partial charge on any atom is -0.396 e. The second-order valence-corrected chi connectivity index (χ2v) is 4.17. The molecule has 0 aliphatic rings. The first-order chi connectivity index (χ1) is 6.68. The average molecular weight is 202 g/mol. The van der Waals surface area contributed by atoms with Gasteiger partial charge in [-0.1, -0.05) is 32.6 Å². The van der Waals surface area contributed by atoms with E-state index in [4.69, 9.17) is 9.84 Å². The largest absolute Gasteiger partial charge is 0.396 e. The fraction of sp³-hybridized carbons (Fsp3) is 1.00. The number of hydrogen-bond donors (Lipinski definition) is 1. The summed E-state index contributed by atoms with van der Waals surface area (Å²) < 4.78 is 5.69. The molecule has 2 nitrogen and oxygen atoms in total. The van der Waals surface area contributed by atoms with Crippen molar-refractivity contribution < 1.29 is 9.84 Å². The Morgan fingerprint density at radius 3 is 2.29 bits per heavy atom. The monoisotopic (exact) mass is 202 g/mol. The maximum atomic E-state index is 8.95. The second-order valence-electron chi connectivity index (χ2n) is 4.17. The Balaban J connectivity index is 3.71. The summed E-state index contributed by atoms with van der Waals surface area (Å²) in [7, 11) is 0. The average Bonchev–Trinajstić information content (AvgIpc) is 2.13. The van der Waals surface area contributed by atoms with Gasteiger partial charge in [-0.2, -0.15) is 0 Å². The molecule has 0 aromatic carbocycles. The fourth-order valence-corrected chi connectivity index (χ4v) is 1.78. The van der Waals surface area contributed by atoms with E-state index in [9.17, 15) is 0 Å². The molecule has 0 aliphatic heterocycles. The van der Waals surface area contributed by atoms with Gasteiger partial charge in [0.25, 0.3) is 0 Å². The summed E-state index contributed by atoms with van der Waals surface area (Å²) >= 11 is 0. The van der Waals surface area contributed by atoms with Crippen LogP contribution in [-0.2, 0) is 4.74 Å². The van der Waals surface area contributed by atoms with E-state index in [0.29, 0.717) is 0 Å². The van der Waals surface area contributed by atoms with Gasteiger partial charge in [-0.25, -0.2) is 0 Å². The van der Waals surface area contributed by atoms with Crippen LogP contribution in [0.1, 0.15) is 59.3 Å². The van der Waals surface area contributed by atoms with Gasteiger partial charge in [-0.3, -0.25) is 0 Å². The van der Waals surface area contributed by atoms with E-state index in [1.54, 1.807) is 0 Å². The van der Waals surface area contributed by atoms with Gasteiger partial charge in [0.1, 0.15) is 0 Å². The van der Waals surface area contributed by atoms with Gasteiger partial charge in [-0.05, 0) is 26.7 Å². The van der Waals surface area contributed by atoms with E-state index >= 15 is 0 Å². The predicted octanol–water partition coefficient (Wildman–Crippen LogP) is 3.13. The SMILES string of the molecule is CCCCCCC(C)(CCO)OCC. The van der Waals surface area contributed by atoms with Crippen LogP contribution < -0.4 is 0 Å². The summed E-state index contributed by atoms with van der Waals surface area (Å²) in [6.45, 7) is 7.31. The van der Waals surface area contributed by atoms with Crippen molar-refractivity contribution in [2.75, 3.05) is 13.2 Å². The van der Waals surface area contributed by atoms with Crippen LogP contribution >= 0.6 is 0 Å². The normalized spacial score (nSPS) is 15.4. The minimum absolute atomic E-state index is 0.1000. The van der Waals surface area contributed by atoms with Crippen LogP contribution in [-0.4, -0.2) is 23.9 Å². The highest BCUT2D eigenvalue weighted by molar-refractivity contribution is 4.74.